The number of nitrogens with zero attached hydrogens (tertiary/aromatic N) is 5. The van der Waals surface area contributed by atoms with Gasteiger partial charge in [0.1, 0.15) is 4.83 Å². The number of hydrazine groups is 1. The number of aromatic nitrogens is 3. The molecule has 0 saturated carbocycles. The van der Waals surface area contributed by atoms with Gasteiger partial charge in [0.15, 0.2) is 11.6 Å². The average Bonchev–Trinajstić information content (AvgIpc) is 3.04. The zero-order valence-electron chi connectivity index (χ0n) is 17.5. The molecule has 164 valence electrons. The Hall–Kier alpha value is -3.15. The number of carbonyl (C=O) groups is 2. The molecule has 3 N–H and O–H groups in total. The van der Waals surface area contributed by atoms with Gasteiger partial charge in [-0.05, 0) is 38.6 Å². The number of piperazine rings is 1. The monoisotopic (exact) mass is 444 g/mol. The van der Waals surface area contributed by atoms with Crippen molar-refractivity contribution >= 4 is 39.3 Å². The lowest BCUT2D eigenvalue weighted by Gasteiger charge is -2.32. The third kappa shape index (κ3) is 5.51. The maximum Gasteiger partial charge on any atom is 0.414 e. The van der Waals surface area contributed by atoms with Crippen molar-refractivity contribution in [3.05, 3.63) is 35.0 Å². The Bertz CT molecular complexity index is 1070. The van der Waals surface area contributed by atoms with Gasteiger partial charge < -0.3 is 20.5 Å². The molecule has 1 aliphatic rings. The Morgan fingerprint density at radius 1 is 1.10 bits per heavy atom. The number of likely N-dealkylation sites (N-methyl/N-ethyl adjacent to an activating group) is 1. The second kappa shape index (κ2) is 9.77. The Balaban J connectivity index is 0.000000401. The van der Waals surface area contributed by atoms with Crippen molar-refractivity contribution in [2.45, 2.75) is 13.8 Å². The maximum atomic E-state index is 9.10. The van der Waals surface area contributed by atoms with E-state index in [4.69, 9.17) is 29.8 Å². The Labute approximate surface area is 183 Å². The Morgan fingerprint density at radius 2 is 1.77 bits per heavy atom. The van der Waals surface area contributed by atoms with Crippen molar-refractivity contribution in [3.63, 3.8) is 0 Å². The van der Waals surface area contributed by atoms with Crippen molar-refractivity contribution in [2.24, 2.45) is 0 Å². The molecular weight excluding hydrogens is 420 g/mol. The number of pyridine rings is 1. The summed E-state index contributed by atoms with van der Waals surface area (Å²) in [5, 5.41) is 18.2. The molecule has 0 unspecified atom stereocenters. The summed E-state index contributed by atoms with van der Waals surface area (Å²) in [4.78, 5) is 36.7. The van der Waals surface area contributed by atoms with Gasteiger partial charge in [-0.15, -0.1) is 11.3 Å². The van der Waals surface area contributed by atoms with Crippen LogP contribution in [-0.2, 0) is 9.59 Å². The third-order valence-corrected chi connectivity index (χ3v) is 6.00. The molecule has 10 nitrogen and oxygen atoms in total. The van der Waals surface area contributed by atoms with Crippen LogP contribution < -0.4 is 5.43 Å². The van der Waals surface area contributed by atoms with Crippen LogP contribution in [0.2, 0.25) is 0 Å². The van der Waals surface area contributed by atoms with E-state index in [1.807, 2.05) is 18.3 Å². The van der Waals surface area contributed by atoms with Crippen molar-refractivity contribution < 1.29 is 19.8 Å². The summed E-state index contributed by atoms with van der Waals surface area (Å²) in [5.41, 5.74) is 5.75. The van der Waals surface area contributed by atoms with E-state index in [1.165, 1.54) is 10.4 Å². The number of hydrogen-bond donors (Lipinski definition) is 3. The van der Waals surface area contributed by atoms with E-state index < -0.39 is 11.9 Å². The summed E-state index contributed by atoms with van der Waals surface area (Å²) < 4.78 is 0. The number of carboxylic acids is 2. The highest BCUT2D eigenvalue weighted by Crippen LogP contribution is 2.35. The van der Waals surface area contributed by atoms with Crippen LogP contribution >= 0.6 is 11.3 Å². The van der Waals surface area contributed by atoms with Gasteiger partial charge in [-0.25, -0.2) is 24.6 Å². The van der Waals surface area contributed by atoms with Crippen LogP contribution in [0.3, 0.4) is 0 Å². The van der Waals surface area contributed by atoms with Crippen LogP contribution in [0.5, 0.6) is 0 Å². The van der Waals surface area contributed by atoms with Gasteiger partial charge in [0.25, 0.3) is 0 Å². The van der Waals surface area contributed by atoms with Crippen molar-refractivity contribution in [1.29, 1.82) is 0 Å². The fourth-order valence-corrected chi connectivity index (χ4v) is 4.05. The maximum absolute atomic E-state index is 9.10. The molecule has 0 aliphatic carbocycles. The van der Waals surface area contributed by atoms with Crippen LogP contribution in [0, 0.1) is 13.8 Å². The molecular formula is C20H24N6O4S. The highest BCUT2D eigenvalue weighted by atomic mass is 32.1. The Morgan fingerprint density at radius 3 is 2.35 bits per heavy atom. The molecule has 4 heterocycles. The molecule has 1 fully saturated rings. The summed E-state index contributed by atoms with van der Waals surface area (Å²) in [7, 11) is 2.16. The summed E-state index contributed by atoms with van der Waals surface area (Å²) in [5.74, 6) is -2.03. The molecule has 4 rings (SSSR count). The number of nitrogens with one attached hydrogen (secondary N) is 1. The van der Waals surface area contributed by atoms with E-state index >= 15 is 0 Å². The molecule has 0 amide bonds. The predicted molar refractivity (Wildman–Crippen MR) is 118 cm³/mol. The molecule has 3 aromatic heterocycles. The van der Waals surface area contributed by atoms with Gasteiger partial charge in [-0.3, -0.25) is 4.98 Å². The summed E-state index contributed by atoms with van der Waals surface area (Å²) in [6, 6.07) is 3.92. The van der Waals surface area contributed by atoms with Crippen LogP contribution in [0.1, 0.15) is 10.4 Å². The number of thiophene rings is 1. The third-order valence-electron chi connectivity index (χ3n) is 4.90. The Kier molecular flexibility index (Phi) is 7.10. The minimum atomic E-state index is -1.82. The van der Waals surface area contributed by atoms with Gasteiger partial charge in [-0.1, -0.05) is 0 Å². The first-order chi connectivity index (χ1) is 14.8. The lowest BCUT2D eigenvalue weighted by atomic mass is 10.2. The first-order valence-electron chi connectivity index (χ1n) is 9.60. The normalized spacial score (nSPS) is 14.7. The molecule has 0 radical (unpaired) electrons. The minimum Gasteiger partial charge on any atom is -0.473 e. The van der Waals surface area contributed by atoms with E-state index in [0.29, 0.717) is 0 Å². The van der Waals surface area contributed by atoms with E-state index in [-0.39, 0.29) is 0 Å². The van der Waals surface area contributed by atoms with Crippen LogP contribution in [0.4, 0.5) is 5.82 Å². The SMILES string of the molecule is Cc1sc2nc(-c3cccnc3)nc(NN3CCN(C)CC3)c2c1C.O=C(O)C(=O)O. The van der Waals surface area contributed by atoms with E-state index in [1.54, 1.807) is 17.5 Å². The number of carboxylic acid groups (broad SMARTS) is 2. The number of aliphatic carboxylic acids is 2. The van der Waals surface area contributed by atoms with Gasteiger partial charge in [0, 0.05) is 49.0 Å². The standard InChI is InChI=1S/C18H22N6S.C2H2O4/c1-12-13(2)25-18-15(12)17(22-24-9-7-23(3)8-10-24)20-16(21-18)14-5-4-6-19-11-14;3-1(4)2(5)6/h4-6,11H,7-10H2,1-3H3,(H,20,21,22);(H,3,4)(H,5,6). The number of anilines is 1. The summed E-state index contributed by atoms with van der Waals surface area (Å²) >= 11 is 1.73. The fraction of sp³-hybridized carbons (Fsp3) is 0.350. The molecule has 1 aliphatic heterocycles. The molecule has 1 saturated heterocycles. The van der Waals surface area contributed by atoms with Gasteiger partial charge >= 0.3 is 11.9 Å². The number of aryl methyl sites for hydroxylation is 2. The smallest absolute Gasteiger partial charge is 0.414 e. The largest absolute Gasteiger partial charge is 0.473 e. The van der Waals surface area contributed by atoms with Gasteiger partial charge in [-0.2, -0.15) is 0 Å². The van der Waals surface area contributed by atoms with Crippen LogP contribution in [0.25, 0.3) is 21.6 Å². The van der Waals surface area contributed by atoms with E-state index in [9.17, 15) is 0 Å². The van der Waals surface area contributed by atoms with Gasteiger partial charge in [0.2, 0.25) is 0 Å². The zero-order valence-corrected chi connectivity index (χ0v) is 18.3. The van der Waals surface area contributed by atoms with E-state index in [2.05, 4.69) is 41.2 Å². The molecule has 0 spiro atoms. The number of rotatable bonds is 3. The quantitative estimate of drug-likeness (QED) is 0.516. The fourth-order valence-electron chi connectivity index (χ4n) is 3.02. The van der Waals surface area contributed by atoms with Crippen molar-refractivity contribution in [3.8, 4) is 11.4 Å². The molecule has 3 aromatic rings. The second-order valence-electron chi connectivity index (χ2n) is 7.11. The predicted octanol–water partition coefficient (Wildman–Crippen LogP) is 2.10. The summed E-state index contributed by atoms with van der Waals surface area (Å²) in [6.07, 6.45) is 3.58. The highest BCUT2D eigenvalue weighted by Gasteiger charge is 2.19. The molecule has 11 heteroatoms. The average molecular weight is 445 g/mol. The minimum absolute atomic E-state index is 0.721. The van der Waals surface area contributed by atoms with E-state index in [0.717, 1.165) is 53.6 Å². The molecule has 0 bridgehead atoms. The lowest BCUT2D eigenvalue weighted by Crippen LogP contribution is -2.47. The van der Waals surface area contributed by atoms with Crippen LogP contribution in [0.15, 0.2) is 24.5 Å². The zero-order chi connectivity index (χ0) is 22.5. The number of fused-ring (bicyclic) bond motifs is 1. The topological polar surface area (TPSA) is 132 Å². The highest BCUT2D eigenvalue weighted by molar-refractivity contribution is 7.18. The first-order valence-corrected chi connectivity index (χ1v) is 10.4. The molecule has 0 atom stereocenters. The second-order valence-corrected chi connectivity index (χ2v) is 8.32. The van der Waals surface area contributed by atoms with Gasteiger partial charge in [0.05, 0.1) is 5.39 Å². The summed E-state index contributed by atoms with van der Waals surface area (Å²) in [6.45, 7) is 8.36. The van der Waals surface area contributed by atoms with Crippen molar-refractivity contribution in [1.82, 2.24) is 24.9 Å². The lowest BCUT2D eigenvalue weighted by molar-refractivity contribution is -0.159. The first kappa shape index (κ1) is 22.5. The molecule has 31 heavy (non-hydrogen) atoms. The number of hydrogen-bond acceptors (Lipinski definition) is 9. The molecule has 0 aromatic carbocycles. The van der Waals surface area contributed by atoms with Crippen LogP contribution in [-0.4, -0.2) is 80.2 Å². The van der Waals surface area contributed by atoms with Crippen molar-refractivity contribution in [2.75, 3.05) is 38.7 Å².